The van der Waals surface area contributed by atoms with E-state index in [1.807, 2.05) is 6.92 Å². The van der Waals surface area contributed by atoms with Crippen molar-refractivity contribution in [3.8, 4) is 5.75 Å². The second kappa shape index (κ2) is 6.19. The van der Waals surface area contributed by atoms with Crippen molar-refractivity contribution >= 4 is 52.4 Å². The number of nitrogens with zero attached hydrogens (tertiary/aromatic N) is 1. The SMILES string of the molecule is Cc1ccc(OC(=O)c2nc(Cl)c(Cl)c(Cl)c2Cl)cc1. The van der Waals surface area contributed by atoms with E-state index < -0.39 is 5.97 Å². The molecule has 0 aliphatic carbocycles. The zero-order valence-corrected chi connectivity index (χ0v) is 13.1. The van der Waals surface area contributed by atoms with Gasteiger partial charge in [-0.3, -0.25) is 0 Å². The molecule has 0 aliphatic rings. The van der Waals surface area contributed by atoms with Crippen LogP contribution in [0.5, 0.6) is 5.75 Å². The summed E-state index contributed by atoms with van der Waals surface area (Å²) in [6.07, 6.45) is 0. The molecule has 0 spiro atoms. The number of esters is 1. The first-order valence-electron chi connectivity index (χ1n) is 5.39. The number of halogens is 4. The zero-order valence-electron chi connectivity index (χ0n) is 10.1. The van der Waals surface area contributed by atoms with Crippen LogP contribution in [-0.4, -0.2) is 11.0 Å². The van der Waals surface area contributed by atoms with E-state index in [1.54, 1.807) is 24.3 Å². The number of aryl methyl sites for hydroxylation is 1. The first-order valence-corrected chi connectivity index (χ1v) is 6.90. The number of rotatable bonds is 2. The quantitative estimate of drug-likeness (QED) is 0.423. The van der Waals surface area contributed by atoms with Crippen molar-refractivity contribution in [1.29, 1.82) is 0 Å². The lowest BCUT2D eigenvalue weighted by molar-refractivity contribution is 0.0729. The summed E-state index contributed by atoms with van der Waals surface area (Å²) in [5.41, 5.74) is 0.852. The van der Waals surface area contributed by atoms with Gasteiger partial charge in [-0.05, 0) is 19.1 Å². The van der Waals surface area contributed by atoms with Gasteiger partial charge in [0.25, 0.3) is 0 Å². The van der Waals surface area contributed by atoms with Gasteiger partial charge in [0.05, 0.1) is 15.1 Å². The summed E-state index contributed by atoms with van der Waals surface area (Å²) in [7, 11) is 0. The molecule has 0 radical (unpaired) electrons. The molecule has 2 aromatic rings. The molecule has 0 unspecified atom stereocenters. The Hall–Kier alpha value is -1.000. The number of carbonyl (C=O) groups excluding carboxylic acids is 1. The molecule has 0 bridgehead atoms. The lowest BCUT2D eigenvalue weighted by Gasteiger charge is -2.08. The molecule has 1 aromatic carbocycles. The Morgan fingerprint density at radius 3 is 2.20 bits per heavy atom. The average Bonchev–Trinajstić information content (AvgIpc) is 2.43. The highest BCUT2D eigenvalue weighted by atomic mass is 35.5. The second-order valence-electron chi connectivity index (χ2n) is 3.90. The largest absolute Gasteiger partial charge is 0.422 e. The van der Waals surface area contributed by atoms with E-state index in [-0.39, 0.29) is 25.9 Å². The van der Waals surface area contributed by atoms with Crippen molar-refractivity contribution in [3.63, 3.8) is 0 Å². The van der Waals surface area contributed by atoms with Crippen LogP contribution < -0.4 is 4.74 Å². The third kappa shape index (κ3) is 3.18. The van der Waals surface area contributed by atoms with Crippen LogP contribution in [0.3, 0.4) is 0 Å². The molecule has 104 valence electrons. The number of ether oxygens (including phenoxy) is 1. The van der Waals surface area contributed by atoms with Crippen LogP contribution in [-0.2, 0) is 0 Å². The van der Waals surface area contributed by atoms with Gasteiger partial charge in [0, 0.05) is 0 Å². The van der Waals surface area contributed by atoms with Crippen molar-refractivity contribution in [2.75, 3.05) is 0 Å². The predicted octanol–water partition coefficient (Wildman–Crippen LogP) is 5.22. The lowest BCUT2D eigenvalue weighted by Crippen LogP contribution is -2.12. The third-order valence-corrected chi connectivity index (χ3v) is 4.09. The first kappa shape index (κ1) is 15.4. The minimum Gasteiger partial charge on any atom is -0.422 e. The van der Waals surface area contributed by atoms with Gasteiger partial charge in [-0.2, -0.15) is 0 Å². The summed E-state index contributed by atoms with van der Waals surface area (Å²) < 4.78 is 5.14. The topological polar surface area (TPSA) is 39.2 Å². The Balaban J connectivity index is 2.32. The molecule has 7 heteroatoms. The maximum atomic E-state index is 12.0. The predicted molar refractivity (Wildman–Crippen MR) is 80.4 cm³/mol. The van der Waals surface area contributed by atoms with E-state index in [2.05, 4.69) is 4.98 Å². The van der Waals surface area contributed by atoms with Gasteiger partial charge in [0.2, 0.25) is 0 Å². The zero-order chi connectivity index (χ0) is 14.9. The molecule has 1 heterocycles. The number of hydrogen-bond donors (Lipinski definition) is 0. The lowest BCUT2D eigenvalue weighted by atomic mass is 10.2. The molecule has 0 saturated carbocycles. The van der Waals surface area contributed by atoms with Gasteiger partial charge in [0.1, 0.15) is 10.9 Å². The third-order valence-electron chi connectivity index (χ3n) is 2.41. The van der Waals surface area contributed by atoms with Crippen LogP contribution in [0.2, 0.25) is 20.2 Å². The molecule has 0 N–H and O–H groups in total. The standard InChI is InChI=1S/C13H7Cl4NO2/c1-6-2-4-7(5-3-6)20-13(19)11-9(15)8(14)10(16)12(17)18-11/h2-5H,1H3. The maximum Gasteiger partial charge on any atom is 0.364 e. The van der Waals surface area contributed by atoms with E-state index in [1.165, 1.54) is 0 Å². The normalized spacial score (nSPS) is 10.4. The monoisotopic (exact) mass is 349 g/mol. The number of aromatic nitrogens is 1. The first-order chi connectivity index (χ1) is 9.40. The summed E-state index contributed by atoms with van der Waals surface area (Å²) >= 11 is 23.3. The van der Waals surface area contributed by atoms with Crippen molar-refractivity contribution in [2.45, 2.75) is 6.92 Å². The number of hydrogen-bond acceptors (Lipinski definition) is 3. The highest BCUT2D eigenvalue weighted by molar-refractivity contribution is 6.52. The van der Waals surface area contributed by atoms with Gasteiger partial charge in [0.15, 0.2) is 5.69 Å². The van der Waals surface area contributed by atoms with Crippen LogP contribution in [0, 0.1) is 6.92 Å². The summed E-state index contributed by atoms with van der Waals surface area (Å²) in [4.78, 5) is 15.8. The van der Waals surface area contributed by atoms with E-state index in [0.29, 0.717) is 5.75 Å². The highest BCUT2D eigenvalue weighted by Gasteiger charge is 2.21. The molecule has 0 fully saturated rings. The molecule has 1 aromatic heterocycles. The smallest absolute Gasteiger partial charge is 0.364 e. The van der Waals surface area contributed by atoms with Crippen molar-refractivity contribution in [1.82, 2.24) is 4.98 Å². The van der Waals surface area contributed by atoms with Crippen LogP contribution in [0.25, 0.3) is 0 Å². The Bertz CT molecular complexity index is 671. The molecule has 0 atom stereocenters. The molecule has 0 aliphatic heterocycles. The van der Waals surface area contributed by atoms with E-state index >= 15 is 0 Å². The van der Waals surface area contributed by atoms with Gasteiger partial charge in [-0.15, -0.1) is 0 Å². The average molecular weight is 351 g/mol. The summed E-state index contributed by atoms with van der Waals surface area (Å²) in [6, 6.07) is 6.92. The summed E-state index contributed by atoms with van der Waals surface area (Å²) in [6.45, 7) is 1.92. The molecular weight excluding hydrogens is 344 g/mol. The fourth-order valence-electron chi connectivity index (χ4n) is 1.38. The molecule has 0 amide bonds. The van der Waals surface area contributed by atoms with Gasteiger partial charge >= 0.3 is 5.97 Å². The van der Waals surface area contributed by atoms with Crippen LogP contribution in [0.1, 0.15) is 16.1 Å². The van der Waals surface area contributed by atoms with Crippen molar-refractivity contribution < 1.29 is 9.53 Å². The Morgan fingerprint density at radius 1 is 1.00 bits per heavy atom. The fraction of sp³-hybridized carbons (Fsp3) is 0.0769. The van der Waals surface area contributed by atoms with E-state index in [0.717, 1.165) is 5.56 Å². The minimum atomic E-state index is -0.765. The highest BCUT2D eigenvalue weighted by Crippen LogP contribution is 2.36. The Kier molecular flexibility index (Phi) is 4.76. The molecule has 2 rings (SSSR count). The van der Waals surface area contributed by atoms with Crippen LogP contribution in [0.15, 0.2) is 24.3 Å². The summed E-state index contributed by atoms with van der Waals surface area (Å²) in [5.74, 6) is -0.403. The van der Waals surface area contributed by atoms with Gasteiger partial charge in [-0.25, -0.2) is 9.78 Å². The fourth-order valence-corrected chi connectivity index (χ4v) is 2.19. The van der Waals surface area contributed by atoms with E-state index in [9.17, 15) is 4.79 Å². The Morgan fingerprint density at radius 2 is 1.60 bits per heavy atom. The van der Waals surface area contributed by atoms with Crippen molar-refractivity contribution in [3.05, 3.63) is 55.7 Å². The van der Waals surface area contributed by atoms with E-state index in [4.69, 9.17) is 51.1 Å². The van der Waals surface area contributed by atoms with Crippen molar-refractivity contribution in [2.24, 2.45) is 0 Å². The number of carbonyl (C=O) groups is 1. The van der Waals surface area contributed by atoms with Crippen LogP contribution in [0.4, 0.5) is 0 Å². The molecule has 20 heavy (non-hydrogen) atoms. The van der Waals surface area contributed by atoms with Crippen LogP contribution >= 0.6 is 46.4 Å². The molecular formula is C13H7Cl4NO2. The minimum absolute atomic E-state index is 0.00906. The molecule has 0 saturated heterocycles. The number of pyridine rings is 1. The number of benzene rings is 1. The second-order valence-corrected chi connectivity index (χ2v) is 5.39. The Labute approximate surface area is 135 Å². The molecule has 3 nitrogen and oxygen atoms in total. The summed E-state index contributed by atoms with van der Waals surface area (Å²) in [5, 5.41) is -0.260. The van der Waals surface area contributed by atoms with Gasteiger partial charge in [-0.1, -0.05) is 64.1 Å². The maximum absolute atomic E-state index is 12.0. The van der Waals surface area contributed by atoms with Gasteiger partial charge < -0.3 is 4.74 Å².